The predicted octanol–water partition coefficient (Wildman–Crippen LogP) is 3.47. The second kappa shape index (κ2) is 5.52. The number of benzene rings is 1. The lowest BCUT2D eigenvalue weighted by Crippen LogP contribution is -2.53. The van der Waals surface area contributed by atoms with E-state index in [1.54, 1.807) is 0 Å². The van der Waals surface area contributed by atoms with E-state index in [1.807, 2.05) is 12.1 Å². The van der Waals surface area contributed by atoms with Crippen molar-refractivity contribution in [2.24, 2.45) is 0 Å². The molecule has 0 spiro atoms. The van der Waals surface area contributed by atoms with Crippen LogP contribution in [-0.4, -0.2) is 25.3 Å². The fourth-order valence-electron chi connectivity index (χ4n) is 3.26. The largest absolute Gasteiger partial charge is 0.374 e. The number of anilines is 1. The van der Waals surface area contributed by atoms with Crippen LogP contribution in [0.15, 0.2) is 22.7 Å². The van der Waals surface area contributed by atoms with Crippen molar-refractivity contribution < 1.29 is 4.74 Å². The second-order valence-electron chi connectivity index (χ2n) is 5.20. The number of hydrogen-bond donors (Lipinski definition) is 0. The maximum absolute atomic E-state index is 9.39. The van der Waals surface area contributed by atoms with Gasteiger partial charge in [0, 0.05) is 11.0 Å². The molecule has 1 aliphatic heterocycles. The Morgan fingerprint density at radius 2 is 2.16 bits per heavy atom. The third-order valence-corrected chi connectivity index (χ3v) is 4.81. The predicted molar refractivity (Wildman–Crippen MR) is 78.2 cm³/mol. The number of hydrogen-bond acceptors (Lipinski definition) is 3. The lowest BCUT2D eigenvalue weighted by atomic mass is 9.89. The maximum Gasteiger partial charge on any atom is 0.103 e. The van der Waals surface area contributed by atoms with E-state index < -0.39 is 0 Å². The van der Waals surface area contributed by atoms with Crippen LogP contribution in [0.4, 0.5) is 5.69 Å². The molecule has 1 saturated carbocycles. The summed E-state index contributed by atoms with van der Waals surface area (Å²) >= 11 is 3.48. The Balaban J connectivity index is 1.96. The number of halogens is 1. The molecule has 4 heteroatoms. The van der Waals surface area contributed by atoms with Crippen LogP contribution in [-0.2, 0) is 4.74 Å². The molecule has 19 heavy (non-hydrogen) atoms. The monoisotopic (exact) mass is 320 g/mol. The molecule has 0 N–H and O–H groups in total. The number of morpholine rings is 1. The highest BCUT2D eigenvalue weighted by Gasteiger charge is 2.35. The zero-order chi connectivity index (χ0) is 13.2. The molecule has 3 rings (SSSR count). The molecule has 0 radical (unpaired) electrons. The van der Waals surface area contributed by atoms with E-state index in [-0.39, 0.29) is 0 Å². The number of fused-ring (bicyclic) bond motifs is 1. The minimum atomic E-state index is 0.341. The van der Waals surface area contributed by atoms with Crippen molar-refractivity contribution in [3.05, 3.63) is 28.2 Å². The standard InChI is InChI=1S/C15H17BrN2O/c16-12-4-3-6-13(11(12)10-17)18-8-9-19-15-7-2-1-5-14(15)18/h3-4,6,14-15H,1-2,5,7-9H2. The third kappa shape index (κ3) is 2.37. The molecule has 3 nitrogen and oxygen atoms in total. The summed E-state index contributed by atoms with van der Waals surface area (Å²) in [6.07, 6.45) is 5.18. The van der Waals surface area contributed by atoms with Crippen molar-refractivity contribution in [1.29, 1.82) is 5.26 Å². The highest BCUT2D eigenvalue weighted by molar-refractivity contribution is 9.10. The molecule has 1 aromatic carbocycles. The molecule has 1 heterocycles. The van der Waals surface area contributed by atoms with E-state index in [9.17, 15) is 5.26 Å². The minimum absolute atomic E-state index is 0.341. The first-order valence-corrected chi connectivity index (χ1v) is 7.67. The van der Waals surface area contributed by atoms with E-state index >= 15 is 0 Å². The molecule has 1 aromatic rings. The second-order valence-corrected chi connectivity index (χ2v) is 6.05. The third-order valence-electron chi connectivity index (χ3n) is 4.14. The fraction of sp³-hybridized carbons (Fsp3) is 0.533. The van der Waals surface area contributed by atoms with Gasteiger partial charge in [0.1, 0.15) is 6.07 Å². The molecule has 100 valence electrons. The molecule has 0 aromatic heterocycles. The summed E-state index contributed by atoms with van der Waals surface area (Å²) in [6, 6.07) is 8.76. The van der Waals surface area contributed by atoms with Crippen molar-refractivity contribution in [3.8, 4) is 6.07 Å². The molecular formula is C15H17BrN2O. The van der Waals surface area contributed by atoms with Crippen LogP contribution in [0.25, 0.3) is 0 Å². The zero-order valence-corrected chi connectivity index (χ0v) is 12.4. The first-order valence-electron chi connectivity index (χ1n) is 6.88. The van der Waals surface area contributed by atoms with Crippen LogP contribution < -0.4 is 4.90 Å². The summed E-state index contributed by atoms with van der Waals surface area (Å²) in [5, 5.41) is 9.39. The van der Waals surface area contributed by atoms with E-state index in [1.165, 1.54) is 19.3 Å². The number of nitriles is 1. The van der Waals surface area contributed by atoms with Crippen molar-refractivity contribution >= 4 is 21.6 Å². The Hall–Kier alpha value is -1.05. The molecule has 1 saturated heterocycles. The van der Waals surface area contributed by atoms with Crippen LogP contribution in [0.1, 0.15) is 31.2 Å². The van der Waals surface area contributed by atoms with Crippen molar-refractivity contribution in [3.63, 3.8) is 0 Å². The van der Waals surface area contributed by atoms with Gasteiger partial charge in [0.05, 0.1) is 30.0 Å². The summed E-state index contributed by atoms with van der Waals surface area (Å²) < 4.78 is 6.78. The van der Waals surface area contributed by atoms with Gasteiger partial charge in [0.25, 0.3) is 0 Å². The van der Waals surface area contributed by atoms with Gasteiger partial charge in [-0.1, -0.05) is 18.9 Å². The summed E-state index contributed by atoms with van der Waals surface area (Å²) in [7, 11) is 0. The highest BCUT2D eigenvalue weighted by Crippen LogP contribution is 2.35. The number of nitrogens with zero attached hydrogens (tertiary/aromatic N) is 2. The molecule has 0 amide bonds. The SMILES string of the molecule is N#Cc1c(Br)cccc1N1CCOC2CCCCC21. The Morgan fingerprint density at radius 1 is 1.32 bits per heavy atom. The van der Waals surface area contributed by atoms with E-state index in [0.29, 0.717) is 12.1 Å². The summed E-state index contributed by atoms with van der Waals surface area (Å²) in [6.45, 7) is 1.64. The van der Waals surface area contributed by atoms with Gasteiger partial charge in [0.2, 0.25) is 0 Å². The first kappa shape index (κ1) is 13.0. The Labute approximate surface area is 122 Å². The van der Waals surface area contributed by atoms with Crippen LogP contribution in [0.3, 0.4) is 0 Å². The molecular weight excluding hydrogens is 304 g/mol. The number of ether oxygens (including phenoxy) is 1. The summed E-state index contributed by atoms with van der Waals surface area (Å²) in [4.78, 5) is 2.39. The lowest BCUT2D eigenvalue weighted by molar-refractivity contribution is -0.00869. The van der Waals surface area contributed by atoms with Crippen molar-refractivity contribution in [2.45, 2.75) is 37.8 Å². The quantitative estimate of drug-likeness (QED) is 0.795. The summed E-state index contributed by atoms with van der Waals surface area (Å²) in [5.74, 6) is 0. The topological polar surface area (TPSA) is 36.3 Å². The lowest BCUT2D eigenvalue weighted by Gasteiger charge is -2.45. The fourth-order valence-corrected chi connectivity index (χ4v) is 3.70. The minimum Gasteiger partial charge on any atom is -0.374 e. The van der Waals surface area contributed by atoms with Gasteiger partial charge >= 0.3 is 0 Å². The van der Waals surface area contributed by atoms with Gasteiger partial charge in [0.15, 0.2) is 0 Å². The van der Waals surface area contributed by atoms with Gasteiger partial charge in [-0.05, 0) is 40.9 Å². The molecule has 2 fully saturated rings. The van der Waals surface area contributed by atoms with E-state index in [0.717, 1.165) is 35.3 Å². The summed E-state index contributed by atoms with van der Waals surface area (Å²) in [5.41, 5.74) is 1.80. The van der Waals surface area contributed by atoms with Gasteiger partial charge in [-0.3, -0.25) is 0 Å². The van der Waals surface area contributed by atoms with E-state index in [4.69, 9.17) is 4.74 Å². The smallest absolute Gasteiger partial charge is 0.103 e. The van der Waals surface area contributed by atoms with Gasteiger partial charge in [-0.25, -0.2) is 0 Å². The Kier molecular flexibility index (Phi) is 3.76. The van der Waals surface area contributed by atoms with Crippen molar-refractivity contribution in [2.75, 3.05) is 18.1 Å². The normalized spacial score (nSPS) is 26.6. The first-order chi connectivity index (χ1) is 9.31. The average Bonchev–Trinajstić information content (AvgIpc) is 2.46. The maximum atomic E-state index is 9.39. The molecule has 1 aliphatic carbocycles. The molecule has 0 bridgehead atoms. The Morgan fingerprint density at radius 3 is 3.00 bits per heavy atom. The van der Waals surface area contributed by atoms with E-state index in [2.05, 4.69) is 33.0 Å². The van der Waals surface area contributed by atoms with Crippen molar-refractivity contribution in [1.82, 2.24) is 0 Å². The van der Waals surface area contributed by atoms with Crippen LogP contribution in [0, 0.1) is 11.3 Å². The zero-order valence-electron chi connectivity index (χ0n) is 10.8. The van der Waals surface area contributed by atoms with Gasteiger partial charge in [-0.2, -0.15) is 5.26 Å². The van der Waals surface area contributed by atoms with Crippen LogP contribution in [0.2, 0.25) is 0 Å². The molecule has 2 unspecified atom stereocenters. The highest BCUT2D eigenvalue weighted by atomic mass is 79.9. The van der Waals surface area contributed by atoms with Crippen LogP contribution >= 0.6 is 15.9 Å². The molecule has 2 aliphatic rings. The average molecular weight is 321 g/mol. The molecule has 2 atom stereocenters. The Bertz CT molecular complexity index is 509. The number of rotatable bonds is 1. The van der Waals surface area contributed by atoms with Crippen LogP contribution in [0.5, 0.6) is 0 Å². The van der Waals surface area contributed by atoms with Gasteiger partial charge in [-0.15, -0.1) is 0 Å². The van der Waals surface area contributed by atoms with Gasteiger partial charge < -0.3 is 9.64 Å².